The van der Waals surface area contributed by atoms with Crippen molar-refractivity contribution >= 4 is 5.91 Å². The molecule has 0 aromatic carbocycles. The standard InChI is InChI=1S/C17H31NO4/c1-13-7-8-15-14(11-13)18(9-5-6-10-20-3)16(19)17(2,22-15)12-21-4/h13-15H,5-12H2,1-4H3/t13-,14?,15+,17?/m1/s1. The Bertz CT molecular complexity index is 376. The van der Waals surface area contributed by atoms with Crippen LogP contribution in [0.4, 0.5) is 0 Å². The van der Waals surface area contributed by atoms with Gasteiger partial charge in [-0.3, -0.25) is 4.79 Å². The predicted octanol–water partition coefficient (Wildman–Crippen LogP) is 2.23. The molecule has 2 rings (SSSR count). The summed E-state index contributed by atoms with van der Waals surface area (Å²) in [5.41, 5.74) is -0.836. The molecule has 1 amide bonds. The van der Waals surface area contributed by atoms with Crippen LogP contribution in [-0.4, -0.2) is 62.5 Å². The summed E-state index contributed by atoms with van der Waals surface area (Å²) >= 11 is 0. The second kappa shape index (κ2) is 7.75. The third kappa shape index (κ3) is 3.81. The Kier molecular flexibility index (Phi) is 6.24. The van der Waals surface area contributed by atoms with Crippen molar-refractivity contribution in [2.24, 2.45) is 5.92 Å². The molecule has 0 bridgehead atoms. The number of carbonyl (C=O) groups is 1. The highest BCUT2D eigenvalue weighted by Crippen LogP contribution is 2.37. The van der Waals surface area contributed by atoms with Gasteiger partial charge in [-0.2, -0.15) is 0 Å². The summed E-state index contributed by atoms with van der Waals surface area (Å²) < 4.78 is 16.6. The van der Waals surface area contributed by atoms with Crippen LogP contribution in [0.15, 0.2) is 0 Å². The first kappa shape index (κ1) is 17.7. The van der Waals surface area contributed by atoms with Crippen LogP contribution >= 0.6 is 0 Å². The zero-order valence-electron chi connectivity index (χ0n) is 14.5. The average Bonchev–Trinajstić information content (AvgIpc) is 2.48. The molecule has 5 nitrogen and oxygen atoms in total. The van der Waals surface area contributed by atoms with Gasteiger partial charge in [0.2, 0.25) is 0 Å². The highest BCUT2D eigenvalue weighted by molar-refractivity contribution is 5.86. The molecule has 22 heavy (non-hydrogen) atoms. The lowest BCUT2D eigenvalue weighted by atomic mass is 9.81. The first-order valence-corrected chi connectivity index (χ1v) is 8.48. The third-order valence-electron chi connectivity index (χ3n) is 4.96. The van der Waals surface area contributed by atoms with Crippen LogP contribution in [0, 0.1) is 5.92 Å². The summed E-state index contributed by atoms with van der Waals surface area (Å²) in [6.07, 6.45) is 5.36. The molecule has 4 atom stereocenters. The predicted molar refractivity (Wildman–Crippen MR) is 84.8 cm³/mol. The van der Waals surface area contributed by atoms with Gasteiger partial charge in [0, 0.05) is 27.4 Å². The van der Waals surface area contributed by atoms with Crippen LogP contribution in [0.2, 0.25) is 0 Å². The van der Waals surface area contributed by atoms with Crippen molar-refractivity contribution in [3.8, 4) is 0 Å². The Balaban J connectivity index is 2.10. The molecule has 128 valence electrons. The van der Waals surface area contributed by atoms with Crippen molar-refractivity contribution in [3.05, 3.63) is 0 Å². The van der Waals surface area contributed by atoms with E-state index in [0.717, 1.165) is 38.8 Å². The first-order chi connectivity index (χ1) is 10.5. The summed E-state index contributed by atoms with van der Waals surface area (Å²) in [5, 5.41) is 0. The van der Waals surface area contributed by atoms with Crippen molar-refractivity contribution in [2.75, 3.05) is 34.0 Å². The Morgan fingerprint density at radius 2 is 2.05 bits per heavy atom. The maximum Gasteiger partial charge on any atom is 0.257 e. The Labute approximate surface area is 134 Å². The first-order valence-electron chi connectivity index (χ1n) is 8.48. The number of nitrogens with zero attached hydrogens (tertiary/aromatic N) is 1. The number of unbranched alkanes of at least 4 members (excludes halogenated alkanes) is 1. The molecule has 1 saturated carbocycles. The molecule has 0 spiro atoms. The molecular formula is C17H31NO4. The zero-order valence-corrected chi connectivity index (χ0v) is 14.5. The minimum atomic E-state index is -0.836. The molecule has 2 aliphatic rings. The van der Waals surface area contributed by atoms with E-state index in [0.29, 0.717) is 12.5 Å². The number of ether oxygens (including phenoxy) is 3. The van der Waals surface area contributed by atoms with E-state index in [9.17, 15) is 4.79 Å². The molecule has 1 saturated heterocycles. The molecule has 2 fully saturated rings. The van der Waals surface area contributed by atoms with Gasteiger partial charge < -0.3 is 19.1 Å². The van der Waals surface area contributed by atoms with Crippen molar-refractivity contribution in [3.63, 3.8) is 0 Å². The summed E-state index contributed by atoms with van der Waals surface area (Å²) in [6, 6.07) is 0.226. The lowest BCUT2D eigenvalue weighted by molar-refractivity contribution is -0.211. The molecule has 0 aromatic rings. The molecule has 1 heterocycles. The van der Waals surface area contributed by atoms with Gasteiger partial charge in [0.15, 0.2) is 5.60 Å². The lowest BCUT2D eigenvalue weighted by Crippen LogP contribution is -2.66. The summed E-state index contributed by atoms with van der Waals surface area (Å²) in [5.74, 6) is 0.744. The van der Waals surface area contributed by atoms with Crippen molar-refractivity contribution in [1.82, 2.24) is 4.90 Å². The Hall–Kier alpha value is -0.650. The number of methoxy groups -OCH3 is 2. The topological polar surface area (TPSA) is 48.0 Å². The lowest BCUT2D eigenvalue weighted by Gasteiger charge is -2.51. The van der Waals surface area contributed by atoms with Crippen LogP contribution in [0.25, 0.3) is 0 Å². The van der Waals surface area contributed by atoms with Crippen LogP contribution in [0.3, 0.4) is 0 Å². The van der Waals surface area contributed by atoms with Gasteiger partial charge in [-0.1, -0.05) is 6.92 Å². The van der Waals surface area contributed by atoms with E-state index < -0.39 is 5.60 Å². The summed E-state index contributed by atoms with van der Waals surface area (Å²) in [6.45, 7) is 6.00. The van der Waals surface area contributed by atoms with Gasteiger partial charge in [0.05, 0.1) is 18.8 Å². The van der Waals surface area contributed by atoms with Gasteiger partial charge in [-0.05, 0) is 44.9 Å². The molecule has 1 aliphatic carbocycles. The number of hydrogen-bond donors (Lipinski definition) is 0. The second-order valence-electron chi connectivity index (χ2n) is 7.00. The van der Waals surface area contributed by atoms with Gasteiger partial charge in [0.1, 0.15) is 0 Å². The van der Waals surface area contributed by atoms with Crippen molar-refractivity contribution in [1.29, 1.82) is 0 Å². The second-order valence-corrected chi connectivity index (χ2v) is 7.00. The minimum Gasteiger partial charge on any atom is -0.385 e. The molecule has 2 unspecified atom stereocenters. The van der Waals surface area contributed by atoms with Gasteiger partial charge >= 0.3 is 0 Å². The van der Waals surface area contributed by atoms with Crippen LogP contribution < -0.4 is 0 Å². The van der Waals surface area contributed by atoms with E-state index in [4.69, 9.17) is 14.2 Å². The van der Waals surface area contributed by atoms with E-state index in [1.807, 2.05) is 6.92 Å². The highest BCUT2D eigenvalue weighted by Gasteiger charge is 2.50. The van der Waals surface area contributed by atoms with Gasteiger partial charge in [0.25, 0.3) is 5.91 Å². The Morgan fingerprint density at radius 1 is 1.27 bits per heavy atom. The molecule has 5 heteroatoms. The fourth-order valence-corrected chi connectivity index (χ4v) is 3.79. The molecule has 0 radical (unpaired) electrons. The number of amides is 1. The van der Waals surface area contributed by atoms with E-state index in [1.54, 1.807) is 14.2 Å². The minimum absolute atomic E-state index is 0.0853. The Morgan fingerprint density at radius 3 is 2.73 bits per heavy atom. The smallest absolute Gasteiger partial charge is 0.257 e. The fourth-order valence-electron chi connectivity index (χ4n) is 3.79. The van der Waals surface area contributed by atoms with E-state index in [2.05, 4.69) is 11.8 Å². The van der Waals surface area contributed by atoms with Crippen molar-refractivity contribution < 1.29 is 19.0 Å². The molecule has 1 aliphatic heterocycles. The molecular weight excluding hydrogens is 282 g/mol. The number of hydrogen-bond acceptors (Lipinski definition) is 4. The van der Waals surface area contributed by atoms with E-state index in [-0.39, 0.29) is 18.1 Å². The van der Waals surface area contributed by atoms with Crippen molar-refractivity contribution in [2.45, 2.75) is 63.7 Å². The summed E-state index contributed by atoms with van der Waals surface area (Å²) in [4.78, 5) is 15.0. The number of morpholine rings is 1. The summed E-state index contributed by atoms with van der Waals surface area (Å²) in [7, 11) is 3.34. The quantitative estimate of drug-likeness (QED) is 0.676. The van der Waals surface area contributed by atoms with Crippen LogP contribution in [0.1, 0.15) is 46.0 Å². The normalized spacial score (nSPS) is 35.5. The highest BCUT2D eigenvalue weighted by atomic mass is 16.6. The van der Waals surface area contributed by atoms with E-state index >= 15 is 0 Å². The third-order valence-corrected chi connectivity index (χ3v) is 4.96. The number of rotatable bonds is 7. The van der Waals surface area contributed by atoms with Crippen LogP contribution in [-0.2, 0) is 19.0 Å². The van der Waals surface area contributed by atoms with Gasteiger partial charge in [-0.25, -0.2) is 0 Å². The fraction of sp³-hybridized carbons (Fsp3) is 0.941. The SMILES string of the molecule is COCCCCN1C(=O)C(C)(COC)O[C@H]2CC[C@@H](C)CC21. The van der Waals surface area contributed by atoms with Crippen LogP contribution in [0.5, 0.6) is 0 Å². The van der Waals surface area contributed by atoms with E-state index in [1.165, 1.54) is 6.42 Å². The zero-order chi connectivity index (χ0) is 16.2. The maximum atomic E-state index is 13.0. The average molecular weight is 313 g/mol. The number of fused-ring (bicyclic) bond motifs is 1. The largest absolute Gasteiger partial charge is 0.385 e. The number of carbonyl (C=O) groups excluding carboxylic acids is 1. The van der Waals surface area contributed by atoms with Gasteiger partial charge in [-0.15, -0.1) is 0 Å². The monoisotopic (exact) mass is 313 g/mol. The molecule has 0 aromatic heterocycles. The molecule has 0 N–H and O–H groups in total. The maximum absolute atomic E-state index is 13.0.